The van der Waals surface area contributed by atoms with Crippen LogP contribution in [-0.4, -0.2) is 22.5 Å². The average molecular weight is 291 g/mol. The van der Waals surface area contributed by atoms with Crippen molar-refractivity contribution in [3.63, 3.8) is 0 Å². The van der Waals surface area contributed by atoms with Gasteiger partial charge in [0.1, 0.15) is 5.75 Å². The second kappa shape index (κ2) is 5.40. The molecular weight excluding hydrogens is 279 g/mol. The fourth-order valence-corrected chi connectivity index (χ4v) is 2.51. The molecule has 0 fully saturated rings. The Morgan fingerprint density at radius 1 is 1.47 bits per heavy atom. The van der Waals surface area contributed by atoms with Crippen LogP contribution in [0.25, 0.3) is 10.9 Å². The lowest BCUT2D eigenvalue weighted by molar-refractivity contribution is 0.481. The molecule has 0 saturated carbocycles. The third-order valence-electron chi connectivity index (χ3n) is 2.52. The Morgan fingerprint density at radius 3 is 2.94 bits per heavy atom. The van der Waals surface area contributed by atoms with E-state index < -0.39 is 0 Å². The highest BCUT2D eigenvalue weighted by molar-refractivity contribution is 7.96. The van der Waals surface area contributed by atoms with Gasteiger partial charge in [0.05, 0.1) is 15.6 Å². The smallest absolute Gasteiger partial charge is 0.126 e. The van der Waals surface area contributed by atoms with Gasteiger partial charge in [-0.2, -0.15) is 0 Å². The molecule has 0 aliphatic carbocycles. The van der Waals surface area contributed by atoms with E-state index in [-0.39, 0.29) is 5.75 Å². The number of halogens is 2. The van der Waals surface area contributed by atoms with Gasteiger partial charge in [-0.25, -0.2) is 0 Å². The zero-order valence-corrected chi connectivity index (χ0v) is 11.5. The third-order valence-corrected chi connectivity index (χ3v) is 3.79. The Morgan fingerprint density at radius 2 is 2.24 bits per heavy atom. The number of benzene rings is 1. The lowest BCUT2D eigenvalue weighted by Crippen LogP contribution is -2.12. The van der Waals surface area contributed by atoms with Crippen molar-refractivity contribution in [1.82, 2.24) is 9.29 Å². The molecule has 0 bridgehead atoms. The molecule has 0 aliphatic rings. The van der Waals surface area contributed by atoms with Crippen LogP contribution < -0.4 is 4.72 Å². The van der Waals surface area contributed by atoms with Gasteiger partial charge in [0.25, 0.3) is 0 Å². The minimum absolute atomic E-state index is 0.158. The van der Waals surface area contributed by atoms with E-state index in [0.717, 1.165) is 24.0 Å². The second-order valence-corrected chi connectivity index (χ2v) is 5.04. The molecule has 1 aromatic heterocycles. The van der Waals surface area contributed by atoms with Crippen LogP contribution in [0, 0.1) is 0 Å². The molecule has 2 N–H and O–H groups in total. The largest absolute Gasteiger partial charge is 0.507 e. The number of aromatic nitrogens is 1. The van der Waals surface area contributed by atoms with Crippen LogP contribution in [0.15, 0.2) is 18.3 Å². The molecule has 1 aromatic carbocycles. The number of hydrogen-bond acceptors (Lipinski definition) is 3. The minimum Gasteiger partial charge on any atom is -0.507 e. The Hall–Kier alpha value is -0.550. The summed E-state index contributed by atoms with van der Waals surface area (Å²) in [5.41, 5.74) is 0.777. The van der Waals surface area contributed by atoms with Gasteiger partial charge in [0.2, 0.25) is 0 Å². The number of phenols is 1. The molecule has 6 heteroatoms. The van der Waals surface area contributed by atoms with Crippen molar-refractivity contribution in [2.45, 2.75) is 6.54 Å². The molecule has 0 saturated heterocycles. The van der Waals surface area contributed by atoms with Gasteiger partial charge < -0.3 is 9.67 Å². The Bertz CT molecular complexity index is 542. The summed E-state index contributed by atoms with van der Waals surface area (Å²) in [6.45, 7) is 1.58. The Balaban J connectivity index is 2.44. The summed E-state index contributed by atoms with van der Waals surface area (Å²) in [7, 11) is 0. The fraction of sp³-hybridized carbons (Fsp3) is 0.273. The Kier molecular flexibility index (Phi) is 4.09. The highest BCUT2D eigenvalue weighted by Gasteiger charge is 2.12. The maximum Gasteiger partial charge on any atom is 0.126 e. The molecule has 0 radical (unpaired) electrons. The van der Waals surface area contributed by atoms with Gasteiger partial charge >= 0.3 is 0 Å². The van der Waals surface area contributed by atoms with Gasteiger partial charge in [-0.05, 0) is 12.3 Å². The minimum atomic E-state index is 0.158. The number of aromatic hydroxyl groups is 1. The van der Waals surface area contributed by atoms with Crippen molar-refractivity contribution in [2.75, 3.05) is 12.8 Å². The molecule has 92 valence electrons. The van der Waals surface area contributed by atoms with E-state index >= 15 is 0 Å². The monoisotopic (exact) mass is 290 g/mol. The first-order chi connectivity index (χ1) is 8.15. The van der Waals surface area contributed by atoms with Crippen molar-refractivity contribution in [3.05, 3.63) is 28.4 Å². The fourth-order valence-electron chi connectivity index (χ4n) is 1.75. The summed E-state index contributed by atoms with van der Waals surface area (Å²) in [6.07, 6.45) is 3.87. The predicted molar refractivity (Wildman–Crippen MR) is 75.1 cm³/mol. The zero-order chi connectivity index (χ0) is 12.4. The van der Waals surface area contributed by atoms with E-state index in [1.54, 1.807) is 11.9 Å². The van der Waals surface area contributed by atoms with Crippen molar-refractivity contribution >= 4 is 46.1 Å². The molecule has 0 amide bonds. The number of nitrogens with zero attached hydrogens (tertiary/aromatic N) is 1. The van der Waals surface area contributed by atoms with Crippen LogP contribution in [0.5, 0.6) is 5.75 Å². The van der Waals surface area contributed by atoms with Crippen LogP contribution in [0.2, 0.25) is 10.0 Å². The summed E-state index contributed by atoms with van der Waals surface area (Å²) in [5, 5.41) is 11.4. The first kappa shape index (κ1) is 12.9. The van der Waals surface area contributed by atoms with Crippen LogP contribution in [-0.2, 0) is 6.54 Å². The van der Waals surface area contributed by atoms with Crippen molar-refractivity contribution in [1.29, 1.82) is 0 Å². The summed E-state index contributed by atoms with van der Waals surface area (Å²) in [5.74, 6) is 0.158. The molecule has 1 heterocycles. The van der Waals surface area contributed by atoms with Crippen LogP contribution in [0.3, 0.4) is 0 Å². The highest BCUT2D eigenvalue weighted by Crippen LogP contribution is 2.37. The van der Waals surface area contributed by atoms with Crippen molar-refractivity contribution in [2.24, 2.45) is 0 Å². The second-order valence-electron chi connectivity index (χ2n) is 3.56. The van der Waals surface area contributed by atoms with Gasteiger partial charge in [0, 0.05) is 30.7 Å². The molecule has 0 unspecified atom stereocenters. The molecule has 2 aromatic rings. The van der Waals surface area contributed by atoms with Gasteiger partial charge in [0.15, 0.2) is 0 Å². The topological polar surface area (TPSA) is 37.2 Å². The van der Waals surface area contributed by atoms with E-state index in [1.807, 2.05) is 23.1 Å². The molecule has 0 atom stereocenters. The maximum absolute atomic E-state index is 9.79. The van der Waals surface area contributed by atoms with E-state index in [9.17, 15) is 5.11 Å². The predicted octanol–water partition coefficient (Wildman–Crippen LogP) is 3.52. The summed E-state index contributed by atoms with van der Waals surface area (Å²) in [6, 6.07) is 3.31. The lowest BCUT2D eigenvalue weighted by Gasteiger charge is -2.08. The SMILES string of the molecule is CSNCCn1ccc2c(O)cc(Cl)c(Cl)c21. The van der Waals surface area contributed by atoms with Crippen molar-refractivity contribution in [3.8, 4) is 5.75 Å². The molecule has 3 nitrogen and oxygen atoms in total. The maximum atomic E-state index is 9.79. The first-order valence-electron chi connectivity index (χ1n) is 5.06. The first-order valence-corrected chi connectivity index (χ1v) is 7.05. The van der Waals surface area contributed by atoms with Crippen LogP contribution in [0.1, 0.15) is 0 Å². The molecule has 0 spiro atoms. The van der Waals surface area contributed by atoms with Gasteiger partial charge in [-0.1, -0.05) is 35.1 Å². The lowest BCUT2D eigenvalue weighted by atomic mass is 10.2. The number of hydrogen-bond donors (Lipinski definition) is 2. The zero-order valence-electron chi connectivity index (χ0n) is 9.20. The van der Waals surface area contributed by atoms with Crippen LogP contribution >= 0.6 is 35.1 Å². The van der Waals surface area contributed by atoms with E-state index in [4.69, 9.17) is 23.2 Å². The molecule has 17 heavy (non-hydrogen) atoms. The summed E-state index contributed by atoms with van der Waals surface area (Å²) in [4.78, 5) is 0. The third kappa shape index (κ3) is 2.50. The Labute approximate surface area is 114 Å². The summed E-state index contributed by atoms with van der Waals surface area (Å²) >= 11 is 13.7. The quantitative estimate of drug-likeness (QED) is 0.668. The number of fused-ring (bicyclic) bond motifs is 1. The molecular formula is C11H12Cl2N2OS. The van der Waals surface area contributed by atoms with Gasteiger partial charge in [-0.15, -0.1) is 0 Å². The summed E-state index contributed by atoms with van der Waals surface area (Å²) < 4.78 is 5.14. The number of nitrogens with one attached hydrogen (secondary N) is 1. The molecule has 2 rings (SSSR count). The van der Waals surface area contributed by atoms with E-state index in [2.05, 4.69) is 4.72 Å². The molecule has 0 aliphatic heterocycles. The van der Waals surface area contributed by atoms with Crippen molar-refractivity contribution < 1.29 is 5.11 Å². The number of phenolic OH excluding ortho intramolecular Hbond substituents is 1. The van der Waals surface area contributed by atoms with E-state index in [0.29, 0.717) is 10.0 Å². The van der Waals surface area contributed by atoms with Crippen LogP contribution in [0.4, 0.5) is 0 Å². The number of rotatable bonds is 4. The normalized spacial score (nSPS) is 11.2. The standard InChI is InChI=1S/C11H12Cl2N2OS/c1-17-14-3-5-15-4-2-7-9(16)6-8(12)10(13)11(7)15/h2,4,6,14,16H,3,5H2,1H3. The average Bonchev–Trinajstić information content (AvgIpc) is 2.71. The van der Waals surface area contributed by atoms with Gasteiger partial charge in [-0.3, -0.25) is 4.72 Å². The van der Waals surface area contributed by atoms with E-state index in [1.165, 1.54) is 6.07 Å². The highest BCUT2D eigenvalue weighted by atomic mass is 35.5.